The van der Waals surface area contributed by atoms with Crippen LogP contribution in [0.1, 0.15) is 27.2 Å². The molecule has 16 heavy (non-hydrogen) atoms. The Morgan fingerprint density at radius 2 is 2.00 bits per heavy atom. The van der Waals surface area contributed by atoms with Gasteiger partial charge in [-0.05, 0) is 20.8 Å². The SMILES string of the molecule is CC(C)(C)OC(=O)N1CC(F)C[C@H]1C(=O)O. The summed E-state index contributed by atoms with van der Waals surface area (Å²) < 4.78 is 18.1. The van der Waals surface area contributed by atoms with Crippen LogP contribution < -0.4 is 0 Å². The Balaban J connectivity index is 2.71. The zero-order chi connectivity index (χ0) is 12.5. The minimum Gasteiger partial charge on any atom is -0.480 e. The van der Waals surface area contributed by atoms with Gasteiger partial charge in [0, 0.05) is 6.42 Å². The highest BCUT2D eigenvalue weighted by atomic mass is 19.1. The van der Waals surface area contributed by atoms with Crippen LogP contribution in [0.3, 0.4) is 0 Å². The Labute approximate surface area is 93.2 Å². The van der Waals surface area contributed by atoms with Gasteiger partial charge in [-0.2, -0.15) is 0 Å². The molecule has 0 aromatic carbocycles. The van der Waals surface area contributed by atoms with Gasteiger partial charge in [-0.1, -0.05) is 0 Å². The minimum absolute atomic E-state index is 0.172. The van der Waals surface area contributed by atoms with Crippen LogP contribution >= 0.6 is 0 Å². The molecule has 0 saturated carbocycles. The number of hydrogen-bond donors (Lipinski definition) is 1. The highest BCUT2D eigenvalue weighted by Gasteiger charge is 2.41. The quantitative estimate of drug-likeness (QED) is 0.743. The molecule has 1 fully saturated rings. The fraction of sp³-hybridized carbons (Fsp3) is 0.800. The highest BCUT2D eigenvalue weighted by Crippen LogP contribution is 2.23. The second-order valence-corrected chi connectivity index (χ2v) is 4.82. The second-order valence-electron chi connectivity index (χ2n) is 4.82. The summed E-state index contributed by atoms with van der Waals surface area (Å²) in [6, 6.07) is -1.12. The van der Waals surface area contributed by atoms with Crippen molar-refractivity contribution in [3.63, 3.8) is 0 Å². The Morgan fingerprint density at radius 3 is 2.44 bits per heavy atom. The van der Waals surface area contributed by atoms with Crippen molar-refractivity contribution in [2.75, 3.05) is 6.54 Å². The number of carboxylic acid groups (broad SMARTS) is 1. The summed E-state index contributed by atoms with van der Waals surface area (Å²) in [7, 11) is 0. The van der Waals surface area contributed by atoms with Gasteiger partial charge < -0.3 is 9.84 Å². The molecule has 1 unspecified atom stereocenters. The van der Waals surface area contributed by atoms with E-state index in [0.29, 0.717) is 0 Å². The van der Waals surface area contributed by atoms with Crippen molar-refractivity contribution in [1.82, 2.24) is 4.90 Å². The average molecular weight is 233 g/mol. The van der Waals surface area contributed by atoms with E-state index in [4.69, 9.17) is 9.84 Å². The van der Waals surface area contributed by atoms with Crippen LogP contribution in [0.4, 0.5) is 9.18 Å². The highest BCUT2D eigenvalue weighted by molar-refractivity contribution is 5.81. The number of carbonyl (C=O) groups is 2. The Kier molecular flexibility index (Phi) is 3.40. The van der Waals surface area contributed by atoms with Crippen molar-refractivity contribution in [2.45, 2.75) is 45.0 Å². The summed E-state index contributed by atoms with van der Waals surface area (Å²) in [6.07, 6.45) is -2.25. The summed E-state index contributed by atoms with van der Waals surface area (Å²) in [5.74, 6) is -1.20. The van der Waals surface area contributed by atoms with Crippen LogP contribution in [-0.4, -0.2) is 46.4 Å². The van der Waals surface area contributed by atoms with Crippen molar-refractivity contribution >= 4 is 12.1 Å². The van der Waals surface area contributed by atoms with Crippen LogP contribution in [-0.2, 0) is 9.53 Å². The van der Waals surface area contributed by atoms with Gasteiger partial charge in [0.2, 0.25) is 0 Å². The summed E-state index contributed by atoms with van der Waals surface area (Å²) >= 11 is 0. The predicted molar refractivity (Wildman–Crippen MR) is 53.9 cm³/mol. The fourth-order valence-corrected chi connectivity index (χ4v) is 1.54. The summed E-state index contributed by atoms with van der Waals surface area (Å²) in [4.78, 5) is 23.3. The van der Waals surface area contributed by atoms with Gasteiger partial charge in [0.25, 0.3) is 0 Å². The molecule has 1 amide bonds. The van der Waals surface area contributed by atoms with Gasteiger partial charge in [-0.15, -0.1) is 0 Å². The molecule has 1 saturated heterocycles. The lowest BCUT2D eigenvalue weighted by Gasteiger charge is -2.26. The lowest BCUT2D eigenvalue weighted by molar-refractivity contribution is -0.142. The van der Waals surface area contributed by atoms with Crippen LogP contribution in [0.15, 0.2) is 0 Å². The zero-order valence-electron chi connectivity index (χ0n) is 9.57. The van der Waals surface area contributed by atoms with Gasteiger partial charge in [0.05, 0.1) is 6.54 Å². The molecule has 1 N–H and O–H groups in total. The van der Waals surface area contributed by atoms with Gasteiger partial charge >= 0.3 is 12.1 Å². The van der Waals surface area contributed by atoms with E-state index in [1.165, 1.54) is 0 Å². The number of amides is 1. The normalized spacial score (nSPS) is 25.6. The Morgan fingerprint density at radius 1 is 1.44 bits per heavy atom. The van der Waals surface area contributed by atoms with E-state index in [1.807, 2.05) is 0 Å². The first-order valence-electron chi connectivity index (χ1n) is 5.07. The van der Waals surface area contributed by atoms with Crippen molar-refractivity contribution in [3.05, 3.63) is 0 Å². The van der Waals surface area contributed by atoms with Crippen LogP contribution in [0.5, 0.6) is 0 Å². The summed E-state index contributed by atoms with van der Waals surface area (Å²) in [5, 5.41) is 8.83. The number of alkyl halides is 1. The predicted octanol–water partition coefficient (Wildman–Crippen LogP) is 1.42. The average Bonchev–Trinajstić information content (AvgIpc) is 2.44. The number of carboxylic acids is 1. The topological polar surface area (TPSA) is 66.8 Å². The molecule has 1 heterocycles. The van der Waals surface area contributed by atoms with Crippen molar-refractivity contribution in [1.29, 1.82) is 0 Å². The van der Waals surface area contributed by atoms with Crippen LogP contribution in [0.2, 0.25) is 0 Å². The van der Waals surface area contributed by atoms with Crippen LogP contribution in [0, 0.1) is 0 Å². The Hall–Kier alpha value is -1.33. The molecule has 5 nitrogen and oxygen atoms in total. The third-order valence-electron chi connectivity index (χ3n) is 2.16. The van der Waals surface area contributed by atoms with Gasteiger partial charge in [-0.3, -0.25) is 4.90 Å². The van der Waals surface area contributed by atoms with E-state index >= 15 is 0 Å². The first-order chi connectivity index (χ1) is 7.20. The van der Waals surface area contributed by atoms with Crippen molar-refractivity contribution < 1.29 is 23.8 Å². The lowest BCUT2D eigenvalue weighted by Crippen LogP contribution is -2.43. The number of likely N-dealkylation sites (tertiary alicyclic amines) is 1. The minimum atomic E-state index is -1.30. The maximum Gasteiger partial charge on any atom is 0.411 e. The van der Waals surface area contributed by atoms with Crippen LogP contribution in [0.25, 0.3) is 0 Å². The lowest BCUT2D eigenvalue weighted by atomic mass is 10.2. The number of carbonyl (C=O) groups excluding carboxylic acids is 1. The van der Waals surface area contributed by atoms with E-state index in [2.05, 4.69) is 0 Å². The molecule has 0 aromatic rings. The molecule has 0 aliphatic carbocycles. The Bertz CT molecular complexity index is 300. The molecule has 0 radical (unpaired) electrons. The molecule has 92 valence electrons. The number of halogens is 1. The van der Waals surface area contributed by atoms with Gasteiger partial charge in [0.15, 0.2) is 0 Å². The zero-order valence-corrected chi connectivity index (χ0v) is 9.57. The molecule has 2 atom stereocenters. The third-order valence-corrected chi connectivity index (χ3v) is 2.16. The molecule has 6 heteroatoms. The second kappa shape index (κ2) is 4.27. The number of aliphatic carboxylic acids is 1. The van der Waals surface area contributed by atoms with Gasteiger partial charge in [-0.25, -0.2) is 14.0 Å². The van der Waals surface area contributed by atoms with E-state index in [-0.39, 0.29) is 13.0 Å². The fourth-order valence-electron chi connectivity index (χ4n) is 1.54. The summed E-state index contributed by atoms with van der Waals surface area (Å²) in [5.41, 5.74) is -0.714. The standard InChI is InChI=1S/C10H16FNO4/c1-10(2,3)16-9(15)12-5-6(11)4-7(12)8(13)14/h6-7H,4-5H2,1-3H3,(H,13,14)/t6?,7-/m0/s1. The first kappa shape index (κ1) is 12.7. The van der Waals surface area contributed by atoms with E-state index < -0.39 is 29.9 Å². The van der Waals surface area contributed by atoms with E-state index in [9.17, 15) is 14.0 Å². The molecule has 1 rings (SSSR count). The maximum atomic E-state index is 13.1. The smallest absolute Gasteiger partial charge is 0.411 e. The number of rotatable bonds is 1. The summed E-state index contributed by atoms with van der Waals surface area (Å²) in [6.45, 7) is 4.79. The van der Waals surface area contributed by atoms with Crippen molar-refractivity contribution in [2.24, 2.45) is 0 Å². The molecule has 0 bridgehead atoms. The maximum absolute atomic E-state index is 13.1. The molecule has 0 aromatic heterocycles. The van der Waals surface area contributed by atoms with Crippen molar-refractivity contribution in [3.8, 4) is 0 Å². The first-order valence-corrected chi connectivity index (χ1v) is 5.07. The largest absolute Gasteiger partial charge is 0.480 e. The number of ether oxygens (including phenoxy) is 1. The number of nitrogens with zero attached hydrogens (tertiary/aromatic N) is 1. The third kappa shape index (κ3) is 3.08. The molecule has 1 aliphatic rings. The molecular weight excluding hydrogens is 217 g/mol. The molecule has 0 spiro atoms. The monoisotopic (exact) mass is 233 g/mol. The van der Waals surface area contributed by atoms with Gasteiger partial charge in [0.1, 0.15) is 17.8 Å². The molecular formula is C10H16FNO4. The van der Waals surface area contributed by atoms with E-state index in [0.717, 1.165) is 4.90 Å². The molecule has 1 aliphatic heterocycles. The van der Waals surface area contributed by atoms with E-state index in [1.54, 1.807) is 20.8 Å². The number of hydrogen-bond acceptors (Lipinski definition) is 3.